The molecule has 56 valence electrons. The van der Waals surface area contributed by atoms with Gasteiger partial charge in [0.05, 0.1) is 9.68 Å². The fraction of sp³-hybridized carbons (Fsp3) is 1.00. The van der Waals surface area contributed by atoms with Crippen molar-refractivity contribution in [3.8, 4) is 0 Å². The fourth-order valence-corrected chi connectivity index (χ4v) is 4.10. The van der Waals surface area contributed by atoms with Crippen LogP contribution in [0.3, 0.4) is 0 Å². The van der Waals surface area contributed by atoms with Gasteiger partial charge in [-0.2, -0.15) is 0 Å². The van der Waals surface area contributed by atoms with E-state index in [0.717, 1.165) is 5.16 Å². The quantitative estimate of drug-likeness (QED) is 0.505. The third-order valence-corrected chi connectivity index (χ3v) is 4.75. The molecule has 0 aliphatic carbocycles. The van der Waals surface area contributed by atoms with Gasteiger partial charge >= 0.3 is 0 Å². The third kappa shape index (κ3) is 4.87. The summed E-state index contributed by atoms with van der Waals surface area (Å²) in [5.74, 6) is 0. The molecule has 0 N–H and O–H groups in total. The molecule has 0 aromatic carbocycles. The highest BCUT2D eigenvalue weighted by atomic mass is 28.3. The molecule has 0 saturated carbocycles. The van der Waals surface area contributed by atoms with E-state index in [2.05, 4.69) is 25.3 Å². The van der Waals surface area contributed by atoms with Crippen LogP contribution in [-0.2, 0) is 0 Å². The monoisotopic (exact) mass is 161 g/mol. The van der Waals surface area contributed by atoms with Gasteiger partial charge in [-0.3, -0.25) is 0 Å². The van der Waals surface area contributed by atoms with Crippen LogP contribution in [0.15, 0.2) is 0 Å². The van der Waals surface area contributed by atoms with Crippen LogP contribution in [0.4, 0.5) is 0 Å². The Labute approximate surface area is 64.1 Å². The maximum absolute atomic E-state index is 2.62. The lowest BCUT2D eigenvalue weighted by molar-refractivity contribution is 0.491. The predicted octanol–water partition coefficient (Wildman–Crippen LogP) is -0.457. The second-order valence-electron chi connectivity index (χ2n) is 2.88. The maximum Gasteiger partial charge on any atom is 0.0944 e. The van der Waals surface area contributed by atoms with Gasteiger partial charge in [0, 0.05) is 10.2 Å². The molecule has 0 bridgehead atoms. The van der Waals surface area contributed by atoms with Crippen molar-refractivity contribution < 1.29 is 0 Å². The van der Waals surface area contributed by atoms with Gasteiger partial charge in [-0.05, 0) is 13.1 Å². The molecule has 3 heteroatoms. The molecule has 0 amide bonds. The van der Waals surface area contributed by atoms with Gasteiger partial charge in [0.2, 0.25) is 0 Å². The van der Waals surface area contributed by atoms with Crippen molar-refractivity contribution in [2.24, 2.45) is 0 Å². The minimum absolute atomic E-state index is 0.155. The van der Waals surface area contributed by atoms with E-state index in [1.807, 2.05) is 0 Å². The summed E-state index contributed by atoms with van der Waals surface area (Å²) >= 11 is 0. The summed E-state index contributed by atoms with van der Waals surface area (Å²) < 4.78 is 2.62. The van der Waals surface area contributed by atoms with E-state index in [4.69, 9.17) is 0 Å². The van der Waals surface area contributed by atoms with Gasteiger partial charge in [-0.15, -0.1) is 0 Å². The highest BCUT2D eigenvalue weighted by molar-refractivity contribution is 6.47. The second kappa shape index (κ2) is 5.20. The smallest absolute Gasteiger partial charge is 0.0944 e. The summed E-state index contributed by atoms with van der Waals surface area (Å²) in [7, 11) is 1.55. The molecule has 1 nitrogen and oxygen atoms in total. The van der Waals surface area contributed by atoms with Gasteiger partial charge in [0.25, 0.3) is 0 Å². The Morgan fingerprint density at radius 1 is 1.44 bits per heavy atom. The summed E-state index contributed by atoms with van der Waals surface area (Å²) in [5.41, 5.74) is 0. The van der Waals surface area contributed by atoms with Gasteiger partial charge < -0.3 is 4.57 Å². The Hall–Kier alpha value is 0.394. The van der Waals surface area contributed by atoms with Crippen molar-refractivity contribution in [1.82, 2.24) is 4.57 Å². The van der Waals surface area contributed by atoms with E-state index in [0.29, 0.717) is 0 Å². The Morgan fingerprint density at radius 3 is 2.00 bits per heavy atom. The largest absolute Gasteiger partial charge is 0.330 e. The molecule has 0 aliphatic rings. The molecule has 1 unspecified atom stereocenters. The SMILES string of the molecule is CCN(CC)[SiH2]C(C)[SiH3]. The third-order valence-electron chi connectivity index (χ3n) is 1.52. The fourth-order valence-electron chi connectivity index (χ4n) is 0.998. The Balaban J connectivity index is 3.31. The van der Waals surface area contributed by atoms with Crippen LogP contribution >= 0.6 is 0 Å². The predicted molar refractivity (Wildman–Crippen MR) is 50.8 cm³/mol. The minimum Gasteiger partial charge on any atom is -0.330 e. The first kappa shape index (κ1) is 9.39. The summed E-state index contributed by atoms with van der Waals surface area (Å²) in [6.07, 6.45) is 0. The van der Waals surface area contributed by atoms with E-state index in [1.54, 1.807) is 0 Å². The zero-order valence-electron chi connectivity index (χ0n) is 7.15. The molecule has 0 aromatic heterocycles. The van der Waals surface area contributed by atoms with Crippen molar-refractivity contribution in [3.05, 3.63) is 0 Å². The molecule has 0 fully saturated rings. The first-order valence-electron chi connectivity index (χ1n) is 3.93. The molecule has 0 aromatic rings. The molecule has 9 heavy (non-hydrogen) atoms. The summed E-state index contributed by atoms with van der Waals surface area (Å²) in [4.78, 5) is 0. The molecular weight excluding hydrogens is 142 g/mol. The first-order chi connectivity index (χ1) is 4.20. The van der Waals surface area contributed by atoms with Crippen LogP contribution in [0.2, 0.25) is 5.16 Å². The molecular formula is C6H19NSi2. The lowest BCUT2D eigenvalue weighted by Gasteiger charge is -2.19. The second-order valence-corrected chi connectivity index (χ2v) is 9.38. The number of hydrogen-bond acceptors (Lipinski definition) is 1. The van der Waals surface area contributed by atoms with Crippen LogP contribution in [0.1, 0.15) is 20.8 Å². The van der Waals surface area contributed by atoms with Crippen molar-refractivity contribution in [2.75, 3.05) is 13.1 Å². The number of nitrogens with zero attached hydrogens (tertiary/aromatic N) is 1. The maximum atomic E-state index is 2.62. The van der Waals surface area contributed by atoms with Crippen LogP contribution in [0.5, 0.6) is 0 Å². The lowest BCUT2D eigenvalue weighted by atomic mass is 10.7. The zero-order chi connectivity index (χ0) is 7.28. The minimum atomic E-state index is 0.155. The van der Waals surface area contributed by atoms with E-state index >= 15 is 0 Å². The molecule has 0 radical (unpaired) electrons. The summed E-state index contributed by atoms with van der Waals surface area (Å²) in [6.45, 7) is 9.46. The van der Waals surface area contributed by atoms with Crippen molar-refractivity contribution >= 4 is 19.9 Å². The number of hydrogen-bond donors (Lipinski definition) is 0. The van der Waals surface area contributed by atoms with Gasteiger partial charge in [0.15, 0.2) is 0 Å². The van der Waals surface area contributed by atoms with Crippen LogP contribution < -0.4 is 0 Å². The zero-order valence-corrected chi connectivity index (χ0v) is 10.6. The number of rotatable bonds is 4. The molecule has 1 atom stereocenters. The molecule has 0 heterocycles. The molecule has 0 rings (SSSR count). The average molecular weight is 161 g/mol. The van der Waals surface area contributed by atoms with E-state index in [9.17, 15) is 0 Å². The van der Waals surface area contributed by atoms with Crippen LogP contribution in [0, 0.1) is 0 Å². The van der Waals surface area contributed by atoms with Crippen molar-refractivity contribution in [1.29, 1.82) is 0 Å². The highest BCUT2D eigenvalue weighted by Gasteiger charge is 2.01. The lowest BCUT2D eigenvalue weighted by Crippen LogP contribution is -2.29. The van der Waals surface area contributed by atoms with Gasteiger partial charge in [-0.1, -0.05) is 25.9 Å². The Kier molecular flexibility index (Phi) is 5.43. The summed E-state index contributed by atoms with van der Waals surface area (Å²) in [6, 6.07) is 0. The van der Waals surface area contributed by atoms with E-state index < -0.39 is 0 Å². The highest BCUT2D eigenvalue weighted by Crippen LogP contribution is 1.95. The van der Waals surface area contributed by atoms with Crippen LogP contribution in [0.25, 0.3) is 0 Å². The van der Waals surface area contributed by atoms with Gasteiger partial charge in [0.1, 0.15) is 0 Å². The first-order valence-corrected chi connectivity index (χ1v) is 6.53. The van der Waals surface area contributed by atoms with E-state index in [1.165, 1.54) is 23.3 Å². The Bertz CT molecular complexity index is 62.1. The Morgan fingerprint density at radius 2 is 1.89 bits per heavy atom. The molecule has 0 saturated heterocycles. The van der Waals surface area contributed by atoms with Gasteiger partial charge in [-0.25, -0.2) is 0 Å². The summed E-state index contributed by atoms with van der Waals surface area (Å²) in [5, 5.41) is 1.09. The van der Waals surface area contributed by atoms with E-state index in [-0.39, 0.29) is 9.68 Å². The molecule has 0 spiro atoms. The topological polar surface area (TPSA) is 3.24 Å². The van der Waals surface area contributed by atoms with Crippen LogP contribution in [-0.4, -0.2) is 37.6 Å². The standard InChI is InChI=1S/C6H19NSi2/c1-4-7(5-2)9-6(3)8/h6H,4-5,9H2,1-3,8H3. The normalized spacial score (nSPS) is 16.0. The average Bonchev–Trinajstić information content (AvgIpc) is 1.82. The van der Waals surface area contributed by atoms with Crippen molar-refractivity contribution in [2.45, 2.75) is 25.9 Å². The molecule has 0 aliphatic heterocycles. The van der Waals surface area contributed by atoms with Crippen molar-refractivity contribution in [3.63, 3.8) is 0 Å².